The molecule has 0 unspecified atom stereocenters. The summed E-state index contributed by atoms with van der Waals surface area (Å²) in [5.74, 6) is 1.55. The smallest absolute Gasteiger partial charge is 0.241 e. The number of nitrogens with one attached hydrogen (secondary N) is 2. The van der Waals surface area contributed by atoms with E-state index >= 15 is 0 Å². The predicted octanol–water partition coefficient (Wildman–Crippen LogP) is 2.91. The Morgan fingerprint density at radius 3 is 2.70 bits per heavy atom. The molecule has 0 saturated heterocycles. The van der Waals surface area contributed by atoms with Crippen LogP contribution in [0.4, 0.5) is 0 Å². The van der Waals surface area contributed by atoms with Crippen molar-refractivity contribution < 1.29 is 4.79 Å². The highest BCUT2D eigenvalue weighted by Crippen LogP contribution is 2.28. The Labute approximate surface area is 183 Å². The molecule has 0 spiro atoms. The van der Waals surface area contributed by atoms with Gasteiger partial charge in [-0.2, -0.15) is 5.10 Å². The lowest BCUT2D eigenvalue weighted by atomic mass is 10.3. The van der Waals surface area contributed by atoms with Gasteiger partial charge in [0.2, 0.25) is 5.91 Å². The molecule has 1 aliphatic rings. The van der Waals surface area contributed by atoms with Crippen LogP contribution in [-0.2, 0) is 11.3 Å². The fraction of sp³-hybridized carbons (Fsp3) is 0.500. The van der Waals surface area contributed by atoms with Gasteiger partial charge in [-0.15, -0.1) is 11.8 Å². The van der Waals surface area contributed by atoms with Gasteiger partial charge in [0.05, 0.1) is 24.8 Å². The van der Waals surface area contributed by atoms with Gasteiger partial charge in [0.25, 0.3) is 0 Å². The summed E-state index contributed by atoms with van der Waals surface area (Å²) in [4.78, 5) is 19.4. The van der Waals surface area contributed by atoms with E-state index in [4.69, 9.17) is 5.10 Å². The van der Waals surface area contributed by atoms with Crippen LogP contribution < -0.4 is 10.6 Å². The lowest BCUT2D eigenvalue weighted by Crippen LogP contribution is -2.43. The molecule has 1 fully saturated rings. The molecule has 8 heteroatoms. The van der Waals surface area contributed by atoms with E-state index in [0.29, 0.717) is 18.5 Å². The summed E-state index contributed by atoms with van der Waals surface area (Å²) in [7, 11) is 3.50. The summed E-state index contributed by atoms with van der Waals surface area (Å²) in [6.07, 6.45) is 7.07. The van der Waals surface area contributed by atoms with E-state index in [9.17, 15) is 4.79 Å². The first kappa shape index (κ1) is 22.2. The first-order valence-corrected chi connectivity index (χ1v) is 11.5. The highest BCUT2D eigenvalue weighted by atomic mass is 32.2. The molecule has 1 aliphatic carbocycles. The molecule has 3 rings (SSSR count). The Balaban J connectivity index is 1.53. The van der Waals surface area contributed by atoms with Gasteiger partial charge < -0.3 is 15.5 Å². The number of hydrogen-bond acceptors (Lipinski definition) is 4. The van der Waals surface area contributed by atoms with E-state index in [2.05, 4.69) is 38.6 Å². The zero-order valence-electron chi connectivity index (χ0n) is 17.9. The minimum absolute atomic E-state index is 0.00803. The number of benzene rings is 1. The van der Waals surface area contributed by atoms with Crippen molar-refractivity contribution in [2.45, 2.75) is 43.2 Å². The lowest BCUT2D eigenvalue weighted by Gasteiger charge is -2.15. The molecule has 30 heavy (non-hydrogen) atoms. The Morgan fingerprint density at radius 1 is 1.20 bits per heavy atom. The fourth-order valence-electron chi connectivity index (χ4n) is 3.34. The average molecular weight is 429 g/mol. The summed E-state index contributed by atoms with van der Waals surface area (Å²) in [6, 6.07) is 12.9. The van der Waals surface area contributed by atoms with Crippen LogP contribution in [-0.4, -0.2) is 59.5 Å². The molecule has 1 amide bonds. The average Bonchev–Trinajstić information content (AvgIpc) is 3.44. The number of thioether (sulfide) groups is 1. The molecule has 1 heterocycles. The first-order chi connectivity index (χ1) is 14.6. The van der Waals surface area contributed by atoms with Crippen molar-refractivity contribution in [1.29, 1.82) is 0 Å². The third-order valence-corrected chi connectivity index (χ3v) is 6.09. The monoisotopic (exact) mass is 428 g/mol. The second kappa shape index (κ2) is 11.6. The van der Waals surface area contributed by atoms with Crippen LogP contribution in [0, 0.1) is 0 Å². The summed E-state index contributed by atoms with van der Waals surface area (Å²) in [5, 5.41) is 11.2. The van der Waals surface area contributed by atoms with Gasteiger partial charge in [-0.25, -0.2) is 4.99 Å². The molecule has 0 radical (unpaired) electrons. The minimum atomic E-state index is 0.00803. The number of likely N-dealkylation sites (N-methyl/N-ethyl adjacent to an activating group) is 1. The summed E-state index contributed by atoms with van der Waals surface area (Å²) in [5.41, 5.74) is 0.945. The van der Waals surface area contributed by atoms with Crippen molar-refractivity contribution in [3.63, 3.8) is 0 Å². The highest BCUT2D eigenvalue weighted by molar-refractivity contribution is 7.99. The van der Waals surface area contributed by atoms with Crippen LogP contribution in [0.2, 0.25) is 0 Å². The molecule has 2 aromatic rings. The van der Waals surface area contributed by atoms with Gasteiger partial charge in [0, 0.05) is 37.5 Å². The number of aliphatic imine (C=N–C) groups is 1. The third-order valence-electron chi connectivity index (χ3n) is 5.07. The summed E-state index contributed by atoms with van der Waals surface area (Å²) in [6.45, 7) is 1.44. The topological polar surface area (TPSA) is 74.5 Å². The number of nitrogens with zero attached hydrogens (tertiary/aromatic N) is 4. The van der Waals surface area contributed by atoms with Crippen molar-refractivity contribution in [3.8, 4) is 0 Å². The number of aromatic nitrogens is 2. The quantitative estimate of drug-likeness (QED) is 0.278. The SMILES string of the molecule is CN(C)C(=O)CNC(=NCc1ccn(C2CCCC2)n1)NCCSc1ccccc1. The second-order valence-corrected chi connectivity index (χ2v) is 8.79. The Morgan fingerprint density at radius 2 is 1.97 bits per heavy atom. The van der Waals surface area contributed by atoms with Crippen LogP contribution in [0.25, 0.3) is 0 Å². The number of guanidine groups is 1. The van der Waals surface area contributed by atoms with Gasteiger partial charge in [-0.05, 0) is 31.0 Å². The van der Waals surface area contributed by atoms with Crippen molar-refractivity contribution in [2.75, 3.05) is 32.9 Å². The molecule has 0 bridgehead atoms. The van der Waals surface area contributed by atoms with Gasteiger partial charge in [-0.1, -0.05) is 31.0 Å². The molecule has 7 nitrogen and oxygen atoms in total. The molecular weight excluding hydrogens is 396 g/mol. The van der Waals surface area contributed by atoms with Crippen molar-refractivity contribution in [2.24, 2.45) is 4.99 Å². The predicted molar refractivity (Wildman–Crippen MR) is 123 cm³/mol. The standard InChI is InChI=1S/C22H32N6OS/c1-27(2)21(29)17-25-22(23-13-15-30-20-10-4-3-5-11-20)24-16-18-12-14-28(26-18)19-8-6-7-9-19/h3-5,10-12,14,19H,6-9,13,15-17H2,1-2H3,(H2,23,24,25). The highest BCUT2D eigenvalue weighted by Gasteiger charge is 2.17. The Hall–Kier alpha value is -2.48. The van der Waals surface area contributed by atoms with Gasteiger partial charge in [0.1, 0.15) is 0 Å². The maximum atomic E-state index is 11.9. The molecule has 1 aromatic carbocycles. The van der Waals surface area contributed by atoms with Crippen LogP contribution >= 0.6 is 11.8 Å². The molecule has 0 atom stereocenters. The van der Waals surface area contributed by atoms with Gasteiger partial charge in [0.15, 0.2) is 5.96 Å². The van der Waals surface area contributed by atoms with E-state index in [-0.39, 0.29) is 12.5 Å². The number of carbonyl (C=O) groups excluding carboxylic acids is 1. The van der Waals surface area contributed by atoms with E-state index in [1.54, 1.807) is 30.8 Å². The molecule has 1 saturated carbocycles. The summed E-state index contributed by atoms with van der Waals surface area (Å²) >= 11 is 1.79. The maximum Gasteiger partial charge on any atom is 0.241 e. The lowest BCUT2D eigenvalue weighted by molar-refractivity contribution is -0.127. The number of amides is 1. The maximum absolute atomic E-state index is 11.9. The van der Waals surface area contributed by atoms with Crippen LogP contribution in [0.5, 0.6) is 0 Å². The normalized spacial score (nSPS) is 14.7. The first-order valence-electron chi connectivity index (χ1n) is 10.6. The fourth-order valence-corrected chi connectivity index (χ4v) is 4.13. The van der Waals surface area contributed by atoms with E-state index in [1.807, 2.05) is 24.3 Å². The minimum Gasteiger partial charge on any atom is -0.356 e. The van der Waals surface area contributed by atoms with Crippen molar-refractivity contribution >= 4 is 23.6 Å². The number of carbonyl (C=O) groups is 1. The van der Waals surface area contributed by atoms with Crippen LogP contribution in [0.15, 0.2) is 52.5 Å². The van der Waals surface area contributed by atoms with E-state index in [1.165, 1.54) is 30.6 Å². The molecule has 162 valence electrons. The molecule has 0 aliphatic heterocycles. The van der Waals surface area contributed by atoms with Crippen LogP contribution in [0.3, 0.4) is 0 Å². The third kappa shape index (κ3) is 7.09. The van der Waals surface area contributed by atoms with Crippen LogP contribution in [0.1, 0.15) is 37.4 Å². The largest absolute Gasteiger partial charge is 0.356 e. The van der Waals surface area contributed by atoms with E-state index < -0.39 is 0 Å². The molecular formula is C22H32N6OS. The molecule has 1 aromatic heterocycles. The Bertz CT molecular complexity index is 814. The van der Waals surface area contributed by atoms with E-state index in [0.717, 1.165) is 18.0 Å². The van der Waals surface area contributed by atoms with Gasteiger partial charge in [-0.3, -0.25) is 9.48 Å². The Kier molecular flexibility index (Phi) is 8.62. The van der Waals surface area contributed by atoms with Crippen molar-refractivity contribution in [1.82, 2.24) is 25.3 Å². The number of hydrogen-bond donors (Lipinski definition) is 2. The van der Waals surface area contributed by atoms with Gasteiger partial charge >= 0.3 is 0 Å². The zero-order valence-corrected chi connectivity index (χ0v) is 18.7. The zero-order chi connectivity index (χ0) is 21.2. The second-order valence-electron chi connectivity index (χ2n) is 7.62. The summed E-state index contributed by atoms with van der Waals surface area (Å²) < 4.78 is 2.09. The number of rotatable bonds is 9. The molecule has 2 N–H and O–H groups in total. The van der Waals surface area contributed by atoms with Crippen molar-refractivity contribution in [3.05, 3.63) is 48.3 Å².